The Hall–Kier alpha value is -2.21. The molecule has 25 heavy (non-hydrogen) atoms. The summed E-state index contributed by atoms with van der Waals surface area (Å²) in [5.41, 5.74) is 2.50. The van der Waals surface area contributed by atoms with Crippen molar-refractivity contribution >= 4 is 28.1 Å². The van der Waals surface area contributed by atoms with Gasteiger partial charge >= 0.3 is 0 Å². The van der Waals surface area contributed by atoms with Gasteiger partial charge in [-0.15, -0.1) is 11.3 Å². The van der Waals surface area contributed by atoms with Crippen molar-refractivity contribution in [2.75, 3.05) is 13.1 Å². The van der Waals surface area contributed by atoms with Crippen LogP contribution in [-0.4, -0.2) is 33.9 Å². The standard InChI is InChI=1S/C19H20FN3OS/c1-12-22-18(11-25-12)19(24)23(10-13-2-3-13)7-6-14-9-21-17-5-4-15(20)8-16(14)17/h4-5,8-9,11,13,21H,2-3,6-7,10H2,1H3. The van der Waals surface area contributed by atoms with E-state index in [4.69, 9.17) is 0 Å². The van der Waals surface area contributed by atoms with Crippen LogP contribution in [0.25, 0.3) is 10.9 Å². The minimum atomic E-state index is -0.239. The van der Waals surface area contributed by atoms with Crippen LogP contribution in [0.5, 0.6) is 0 Å². The number of halogens is 1. The minimum Gasteiger partial charge on any atom is -0.361 e. The van der Waals surface area contributed by atoms with Crippen LogP contribution in [0.4, 0.5) is 4.39 Å². The van der Waals surface area contributed by atoms with E-state index in [0.29, 0.717) is 24.6 Å². The van der Waals surface area contributed by atoms with Gasteiger partial charge in [0.15, 0.2) is 0 Å². The first-order valence-corrected chi connectivity index (χ1v) is 9.45. The molecule has 0 bridgehead atoms. The van der Waals surface area contributed by atoms with Crippen molar-refractivity contribution in [3.05, 3.63) is 51.9 Å². The summed E-state index contributed by atoms with van der Waals surface area (Å²) in [5, 5.41) is 3.63. The largest absolute Gasteiger partial charge is 0.361 e. The number of thiazole rings is 1. The molecule has 1 amide bonds. The first-order chi connectivity index (χ1) is 12.1. The van der Waals surface area contributed by atoms with Crippen molar-refractivity contribution in [2.45, 2.75) is 26.2 Å². The van der Waals surface area contributed by atoms with Crippen LogP contribution in [0.15, 0.2) is 29.8 Å². The van der Waals surface area contributed by atoms with Crippen molar-refractivity contribution < 1.29 is 9.18 Å². The lowest BCUT2D eigenvalue weighted by Crippen LogP contribution is -2.35. The van der Waals surface area contributed by atoms with Gasteiger partial charge in [0.05, 0.1) is 5.01 Å². The molecule has 0 unspecified atom stereocenters. The zero-order valence-corrected chi connectivity index (χ0v) is 14.9. The summed E-state index contributed by atoms with van der Waals surface area (Å²) >= 11 is 1.50. The van der Waals surface area contributed by atoms with Gasteiger partial charge < -0.3 is 9.88 Å². The van der Waals surface area contributed by atoms with Crippen LogP contribution in [0.1, 0.15) is 33.9 Å². The Morgan fingerprint density at radius 2 is 2.28 bits per heavy atom. The molecular weight excluding hydrogens is 337 g/mol. The predicted octanol–water partition coefficient (Wildman–Crippen LogP) is 4.17. The fourth-order valence-corrected chi connectivity index (χ4v) is 3.71. The van der Waals surface area contributed by atoms with Gasteiger partial charge in [-0.25, -0.2) is 9.37 Å². The van der Waals surface area contributed by atoms with Crippen LogP contribution < -0.4 is 0 Å². The lowest BCUT2D eigenvalue weighted by molar-refractivity contribution is 0.0744. The molecule has 4 rings (SSSR count). The first-order valence-electron chi connectivity index (χ1n) is 8.57. The number of carbonyl (C=O) groups is 1. The molecular formula is C19H20FN3OS. The topological polar surface area (TPSA) is 49.0 Å². The second-order valence-corrected chi connectivity index (χ2v) is 7.76. The van der Waals surface area contributed by atoms with E-state index in [9.17, 15) is 9.18 Å². The highest BCUT2D eigenvalue weighted by molar-refractivity contribution is 7.09. The highest BCUT2D eigenvalue weighted by Crippen LogP contribution is 2.30. The highest BCUT2D eigenvalue weighted by atomic mass is 32.1. The Bertz CT molecular complexity index is 912. The normalized spacial score (nSPS) is 14.2. The predicted molar refractivity (Wildman–Crippen MR) is 97.4 cm³/mol. The molecule has 0 spiro atoms. The molecule has 4 nitrogen and oxygen atoms in total. The summed E-state index contributed by atoms with van der Waals surface area (Å²) in [6.07, 6.45) is 5.00. The quantitative estimate of drug-likeness (QED) is 0.720. The van der Waals surface area contributed by atoms with Crippen LogP contribution in [-0.2, 0) is 6.42 Å². The van der Waals surface area contributed by atoms with E-state index in [1.807, 2.05) is 23.4 Å². The van der Waals surface area contributed by atoms with Crippen LogP contribution in [0.3, 0.4) is 0 Å². The summed E-state index contributed by atoms with van der Waals surface area (Å²) < 4.78 is 13.5. The first kappa shape index (κ1) is 16.3. The molecule has 1 aromatic carbocycles. The maximum Gasteiger partial charge on any atom is 0.273 e. The Morgan fingerprint density at radius 1 is 1.44 bits per heavy atom. The molecule has 2 aromatic heterocycles. The molecule has 0 radical (unpaired) electrons. The Morgan fingerprint density at radius 3 is 3.00 bits per heavy atom. The number of aromatic amines is 1. The van der Waals surface area contributed by atoms with Crippen LogP contribution in [0.2, 0.25) is 0 Å². The Kier molecular flexibility index (Phi) is 4.29. The zero-order chi connectivity index (χ0) is 17.4. The van der Waals surface area contributed by atoms with E-state index in [1.54, 1.807) is 12.1 Å². The third-order valence-electron chi connectivity index (χ3n) is 4.68. The van der Waals surface area contributed by atoms with Gasteiger partial charge in [-0.05, 0) is 55.9 Å². The molecule has 1 N–H and O–H groups in total. The smallest absolute Gasteiger partial charge is 0.273 e. The molecule has 0 aliphatic heterocycles. The average Bonchev–Trinajstić information content (AvgIpc) is 3.17. The number of H-pyrrole nitrogens is 1. The van der Waals surface area contributed by atoms with E-state index < -0.39 is 0 Å². The van der Waals surface area contributed by atoms with Crippen LogP contribution >= 0.6 is 11.3 Å². The summed E-state index contributed by atoms with van der Waals surface area (Å²) in [5.74, 6) is 0.378. The fourth-order valence-electron chi connectivity index (χ4n) is 3.12. The molecule has 0 atom stereocenters. The monoisotopic (exact) mass is 357 g/mol. The van der Waals surface area contributed by atoms with Gasteiger partial charge in [0, 0.05) is 35.6 Å². The number of rotatable bonds is 6. The number of hydrogen-bond acceptors (Lipinski definition) is 3. The molecule has 1 fully saturated rings. The van der Waals surface area contributed by atoms with Crippen molar-refractivity contribution in [1.29, 1.82) is 0 Å². The second-order valence-electron chi connectivity index (χ2n) is 6.70. The van der Waals surface area contributed by atoms with Gasteiger partial charge in [0.2, 0.25) is 0 Å². The summed E-state index contributed by atoms with van der Waals surface area (Å²) in [6, 6.07) is 4.76. The van der Waals surface area contributed by atoms with E-state index in [1.165, 1.54) is 30.2 Å². The third-order valence-corrected chi connectivity index (χ3v) is 5.45. The maximum absolute atomic E-state index is 13.5. The number of fused-ring (bicyclic) bond motifs is 1. The number of carbonyl (C=O) groups excluding carboxylic acids is 1. The molecule has 1 saturated carbocycles. The van der Waals surface area contributed by atoms with Gasteiger partial charge in [0.25, 0.3) is 5.91 Å². The summed E-state index contributed by atoms with van der Waals surface area (Å²) in [6.45, 7) is 3.31. The van der Waals surface area contributed by atoms with Crippen molar-refractivity contribution in [2.24, 2.45) is 5.92 Å². The second kappa shape index (κ2) is 6.59. The van der Waals surface area contributed by atoms with E-state index >= 15 is 0 Å². The molecule has 3 aromatic rings. The molecule has 0 saturated heterocycles. The highest BCUT2D eigenvalue weighted by Gasteiger charge is 2.28. The number of nitrogens with one attached hydrogen (secondary N) is 1. The van der Waals surface area contributed by atoms with E-state index in [-0.39, 0.29) is 11.7 Å². The van der Waals surface area contributed by atoms with E-state index in [2.05, 4.69) is 9.97 Å². The number of hydrogen-bond donors (Lipinski definition) is 1. The molecule has 1 aliphatic carbocycles. The van der Waals surface area contributed by atoms with Crippen molar-refractivity contribution in [1.82, 2.24) is 14.9 Å². The molecule has 2 heterocycles. The van der Waals surface area contributed by atoms with Gasteiger partial charge in [-0.2, -0.15) is 0 Å². The number of benzene rings is 1. The Labute approximate surface area is 149 Å². The van der Waals surface area contributed by atoms with Gasteiger partial charge in [-0.1, -0.05) is 0 Å². The third kappa shape index (κ3) is 3.58. The lowest BCUT2D eigenvalue weighted by Gasteiger charge is -2.21. The number of nitrogens with zero attached hydrogens (tertiary/aromatic N) is 2. The van der Waals surface area contributed by atoms with Crippen LogP contribution in [0, 0.1) is 18.7 Å². The fraction of sp³-hybridized carbons (Fsp3) is 0.368. The summed E-state index contributed by atoms with van der Waals surface area (Å²) in [7, 11) is 0. The number of aryl methyl sites for hydroxylation is 1. The summed E-state index contributed by atoms with van der Waals surface area (Å²) in [4.78, 5) is 22.2. The van der Waals surface area contributed by atoms with Crippen molar-refractivity contribution in [3.63, 3.8) is 0 Å². The average molecular weight is 357 g/mol. The number of amides is 1. The molecule has 1 aliphatic rings. The molecule has 6 heteroatoms. The van der Waals surface area contributed by atoms with Crippen molar-refractivity contribution in [3.8, 4) is 0 Å². The number of aromatic nitrogens is 2. The van der Waals surface area contributed by atoms with E-state index in [0.717, 1.165) is 28.0 Å². The lowest BCUT2D eigenvalue weighted by atomic mass is 10.1. The minimum absolute atomic E-state index is 0.00210. The molecule has 130 valence electrons. The zero-order valence-electron chi connectivity index (χ0n) is 14.1. The Balaban J connectivity index is 1.52. The van der Waals surface area contributed by atoms with Gasteiger partial charge in [0.1, 0.15) is 11.5 Å². The SMILES string of the molecule is Cc1nc(C(=O)N(CCc2c[nH]c3ccc(F)cc23)CC2CC2)cs1. The van der Waals surface area contributed by atoms with Gasteiger partial charge in [-0.3, -0.25) is 4.79 Å². The maximum atomic E-state index is 13.5.